The number of rotatable bonds is 0. The lowest BCUT2D eigenvalue weighted by atomic mass is 10.2. The third kappa shape index (κ3) is 0.930. The Morgan fingerprint density at radius 3 is 3.07 bits per heavy atom. The molecule has 0 aliphatic rings. The molecule has 0 atom stereocenters. The van der Waals surface area contributed by atoms with E-state index < -0.39 is 0 Å². The van der Waals surface area contributed by atoms with Crippen LogP contribution >= 0.6 is 11.6 Å². The highest BCUT2D eigenvalue weighted by Crippen LogP contribution is 2.31. The van der Waals surface area contributed by atoms with Crippen LogP contribution in [0.3, 0.4) is 0 Å². The Hall–Kier alpha value is -1.61. The number of benzene rings is 1. The summed E-state index contributed by atoms with van der Waals surface area (Å²) in [4.78, 5) is 8.03. The van der Waals surface area contributed by atoms with E-state index in [1.54, 1.807) is 6.20 Å². The van der Waals surface area contributed by atoms with Gasteiger partial charge in [-0.25, -0.2) is 9.97 Å². The summed E-state index contributed by atoms with van der Waals surface area (Å²) >= 11 is 6.06. The van der Waals surface area contributed by atoms with Crippen molar-refractivity contribution in [2.75, 3.05) is 0 Å². The van der Waals surface area contributed by atoms with Crippen LogP contribution in [0.15, 0.2) is 35.1 Å². The summed E-state index contributed by atoms with van der Waals surface area (Å²) in [7, 11) is 0. The Balaban J connectivity index is 2.65. The van der Waals surface area contributed by atoms with Gasteiger partial charge < -0.3 is 4.42 Å². The molecule has 68 valence electrons. The third-order valence-electron chi connectivity index (χ3n) is 2.11. The van der Waals surface area contributed by atoms with Crippen LogP contribution in [-0.4, -0.2) is 9.97 Å². The van der Waals surface area contributed by atoms with Crippen LogP contribution in [0.4, 0.5) is 0 Å². The first-order valence-corrected chi connectivity index (χ1v) is 4.51. The van der Waals surface area contributed by atoms with Gasteiger partial charge in [0.2, 0.25) is 0 Å². The molecule has 0 N–H and O–H groups in total. The van der Waals surface area contributed by atoms with Gasteiger partial charge >= 0.3 is 0 Å². The summed E-state index contributed by atoms with van der Waals surface area (Å²) in [5.41, 5.74) is 2.17. The standard InChI is InChI=1S/C10H5ClN2O/c11-6-2-1-3-7-9(6)10-8(14-7)4-12-5-13-10/h1-5H. The van der Waals surface area contributed by atoms with Crippen molar-refractivity contribution >= 4 is 33.7 Å². The zero-order valence-electron chi connectivity index (χ0n) is 7.07. The number of hydrogen-bond acceptors (Lipinski definition) is 3. The molecular formula is C10H5ClN2O. The van der Waals surface area contributed by atoms with Crippen LogP contribution in [0, 0.1) is 0 Å². The minimum Gasteiger partial charge on any atom is -0.453 e. The van der Waals surface area contributed by atoms with Crippen LogP contribution in [0.25, 0.3) is 22.1 Å². The van der Waals surface area contributed by atoms with Crippen LogP contribution in [0.2, 0.25) is 5.02 Å². The van der Waals surface area contributed by atoms with E-state index in [0.29, 0.717) is 10.6 Å². The molecular weight excluding hydrogens is 200 g/mol. The Kier molecular flexibility index (Phi) is 1.49. The molecule has 0 spiro atoms. The number of nitrogens with zero attached hydrogens (tertiary/aromatic N) is 2. The second kappa shape index (κ2) is 2.69. The van der Waals surface area contributed by atoms with Gasteiger partial charge in [-0.15, -0.1) is 0 Å². The molecule has 0 bridgehead atoms. The molecule has 3 nitrogen and oxygen atoms in total. The molecule has 4 heteroatoms. The van der Waals surface area contributed by atoms with E-state index in [1.165, 1.54) is 6.33 Å². The maximum absolute atomic E-state index is 6.06. The molecule has 0 radical (unpaired) electrons. The van der Waals surface area contributed by atoms with Gasteiger partial charge in [0, 0.05) is 0 Å². The quantitative estimate of drug-likeness (QED) is 0.565. The molecule has 0 unspecified atom stereocenters. The van der Waals surface area contributed by atoms with E-state index in [1.807, 2.05) is 18.2 Å². The lowest BCUT2D eigenvalue weighted by Gasteiger charge is -1.90. The fourth-order valence-corrected chi connectivity index (χ4v) is 1.77. The van der Waals surface area contributed by atoms with Gasteiger partial charge in [-0.2, -0.15) is 0 Å². The van der Waals surface area contributed by atoms with Crippen LogP contribution < -0.4 is 0 Å². The van der Waals surface area contributed by atoms with Gasteiger partial charge in [0.25, 0.3) is 0 Å². The van der Waals surface area contributed by atoms with Crippen molar-refractivity contribution in [3.05, 3.63) is 35.7 Å². The first kappa shape index (κ1) is 7.76. The minimum atomic E-state index is 0.653. The predicted molar refractivity (Wildman–Crippen MR) is 54.3 cm³/mol. The first-order chi connectivity index (χ1) is 6.86. The van der Waals surface area contributed by atoms with E-state index in [9.17, 15) is 0 Å². The van der Waals surface area contributed by atoms with Crippen molar-refractivity contribution in [3.63, 3.8) is 0 Å². The van der Waals surface area contributed by atoms with Crippen molar-refractivity contribution in [2.24, 2.45) is 0 Å². The smallest absolute Gasteiger partial charge is 0.172 e. The SMILES string of the molecule is Clc1cccc2oc3cncnc3c12. The van der Waals surface area contributed by atoms with E-state index in [-0.39, 0.29) is 0 Å². The summed E-state index contributed by atoms with van der Waals surface area (Å²) in [5.74, 6) is 0. The van der Waals surface area contributed by atoms with Crippen molar-refractivity contribution in [1.29, 1.82) is 0 Å². The fourth-order valence-electron chi connectivity index (χ4n) is 1.52. The predicted octanol–water partition coefficient (Wildman–Crippen LogP) is 3.03. The summed E-state index contributed by atoms with van der Waals surface area (Å²) in [5, 5.41) is 1.51. The molecule has 14 heavy (non-hydrogen) atoms. The van der Waals surface area contributed by atoms with Gasteiger partial charge in [-0.1, -0.05) is 17.7 Å². The summed E-state index contributed by atoms with van der Waals surface area (Å²) in [6.45, 7) is 0. The van der Waals surface area contributed by atoms with Crippen molar-refractivity contribution < 1.29 is 4.42 Å². The molecule has 2 heterocycles. The van der Waals surface area contributed by atoms with E-state index in [4.69, 9.17) is 16.0 Å². The monoisotopic (exact) mass is 204 g/mol. The average molecular weight is 205 g/mol. The third-order valence-corrected chi connectivity index (χ3v) is 2.43. The van der Waals surface area contributed by atoms with E-state index >= 15 is 0 Å². The van der Waals surface area contributed by atoms with E-state index in [2.05, 4.69) is 9.97 Å². The molecule has 0 amide bonds. The van der Waals surface area contributed by atoms with Gasteiger partial charge in [0.05, 0.1) is 16.6 Å². The van der Waals surface area contributed by atoms with Crippen molar-refractivity contribution in [1.82, 2.24) is 9.97 Å². The second-order valence-corrected chi connectivity index (χ2v) is 3.36. The zero-order chi connectivity index (χ0) is 9.54. The van der Waals surface area contributed by atoms with Gasteiger partial charge in [0.1, 0.15) is 17.4 Å². The van der Waals surface area contributed by atoms with Gasteiger partial charge in [-0.3, -0.25) is 0 Å². The van der Waals surface area contributed by atoms with Crippen molar-refractivity contribution in [2.45, 2.75) is 0 Å². The number of furan rings is 1. The maximum Gasteiger partial charge on any atom is 0.172 e. The minimum absolute atomic E-state index is 0.653. The molecule has 0 fully saturated rings. The molecule has 0 saturated carbocycles. The summed E-state index contributed by atoms with van der Waals surface area (Å²) < 4.78 is 5.52. The molecule has 1 aromatic carbocycles. The van der Waals surface area contributed by atoms with Gasteiger partial charge in [0.15, 0.2) is 5.58 Å². The lowest BCUT2D eigenvalue weighted by molar-refractivity contribution is 0.665. The highest BCUT2D eigenvalue weighted by molar-refractivity contribution is 6.37. The second-order valence-electron chi connectivity index (χ2n) is 2.95. The molecule has 2 aromatic heterocycles. The molecule has 0 saturated heterocycles. The number of fused-ring (bicyclic) bond motifs is 3. The fraction of sp³-hybridized carbons (Fsp3) is 0. The van der Waals surface area contributed by atoms with Crippen LogP contribution in [0.1, 0.15) is 0 Å². The Bertz CT molecular complexity index is 618. The van der Waals surface area contributed by atoms with Crippen LogP contribution in [0.5, 0.6) is 0 Å². The van der Waals surface area contributed by atoms with Gasteiger partial charge in [-0.05, 0) is 12.1 Å². The maximum atomic E-state index is 6.06. The average Bonchev–Trinajstić information content (AvgIpc) is 2.57. The normalized spacial score (nSPS) is 11.2. The highest BCUT2D eigenvalue weighted by Gasteiger charge is 2.09. The van der Waals surface area contributed by atoms with E-state index in [0.717, 1.165) is 16.5 Å². The Labute approximate surface area is 84.3 Å². The molecule has 0 aliphatic carbocycles. The lowest BCUT2D eigenvalue weighted by Crippen LogP contribution is -1.75. The number of halogens is 1. The Morgan fingerprint density at radius 2 is 2.14 bits per heavy atom. The zero-order valence-corrected chi connectivity index (χ0v) is 7.82. The largest absolute Gasteiger partial charge is 0.453 e. The summed E-state index contributed by atoms with van der Waals surface area (Å²) in [6, 6.07) is 5.53. The van der Waals surface area contributed by atoms with Crippen LogP contribution in [-0.2, 0) is 0 Å². The summed E-state index contributed by atoms with van der Waals surface area (Å²) in [6.07, 6.45) is 3.12. The molecule has 3 rings (SSSR count). The topological polar surface area (TPSA) is 38.9 Å². The number of aromatic nitrogens is 2. The first-order valence-electron chi connectivity index (χ1n) is 4.13. The molecule has 3 aromatic rings. The Morgan fingerprint density at radius 1 is 1.21 bits per heavy atom. The van der Waals surface area contributed by atoms with Crippen molar-refractivity contribution in [3.8, 4) is 0 Å². The number of hydrogen-bond donors (Lipinski definition) is 0. The molecule has 0 aliphatic heterocycles. The highest BCUT2D eigenvalue weighted by atomic mass is 35.5.